The molecule has 2 radical (unpaired) electrons. The maximum Gasteiger partial charge on any atom is 0.255 e. The Labute approximate surface area is 256 Å². The van der Waals surface area contributed by atoms with Crippen LogP contribution in [0.1, 0.15) is 53.2 Å². The average Bonchev–Trinajstić information content (AvgIpc) is 3.35. The van der Waals surface area contributed by atoms with Gasteiger partial charge in [-0.05, 0) is 61.1 Å². The number of fused-ring (bicyclic) bond motifs is 1. The van der Waals surface area contributed by atoms with E-state index in [2.05, 4.69) is 20.3 Å². The standard InChI is InChI=1S/C30H33ClFN5O5Si/c1-17(28(39)36-43-26(5-8-38)20-11-21(32)14-23(12-20)41-2)37-16-19-4-3-18(13-24(19)29(37)40)27-25(31)15-33-30(35-27)34-22-6-9-42-10-7-22/h3-4,11-15,17,22,26,38H,5-10,16H2,1-2H3,(H,36,39)(H,33,34,35)/t17-,26-/m1/s1. The van der Waals surface area contributed by atoms with Crippen molar-refractivity contribution < 1.29 is 28.6 Å². The van der Waals surface area contributed by atoms with Crippen molar-refractivity contribution >= 4 is 39.0 Å². The summed E-state index contributed by atoms with van der Waals surface area (Å²) < 4.78 is 24.7. The van der Waals surface area contributed by atoms with Gasteiger partial charge >= 0.3 is 0 Å². The zero-order valence-electron chi connectivity index (χ0n) is 23.9. The van der Waals surface area contributed by atoms with Crippen LogP contribution in [0.15, 0.2) is 42.6 Å². The minimum absolute atomic E-state index is 0.131. The second kappa shape index (κ2) is 13.8. The number of halogens is 2. The number of hydrogen-bond acceptors (Lipinski definition) is 8. The van der Waals surface area contributed by atoms with Crippen molar-refractivity contribution in [3.8, 4) is 17.0 Å². The monoisotopic (exact) mass is 625 g/mol. The number of methoxy groups -OCH3 is 1. The van der Waals surface area contributed by atoms with Crippen LogP contribution < -0.4 is 15.0 Å². The summed E-state index contributed by atoms with van der Waals surface area (Å²) in [6.07, 6.45) is 3.59. The van der Waals surface area contributed by atoms with Crippen molar-refractivity contribution in [2.24, 2.45) is 0 Å². The van der Waals surface area contributed by atoms with Crippen LogP contribution in [-0.4, -0.2) is 80.5 Å². The number of carbonyl (C=O) groups excluding carboxylic acids is 2. The molecule has 5 rings (SSSR count). The van der Waals surface area contributed by atoms with Gasteiger partial charge in [0.1, 0.15) is 17.6 Å². The second-order valence-electron chi connectivity index (χ2n) is 10.5. The van der Waals surface area contributed by atoms with Crippen LogP contribution in [0.4, 0.5) is 10.3 Å². The molecule has 10 nitrogen and oxygen atoms in total. The summed E-state index contributed by atoms with van der Waals surface area (Å²) in [6.45, 7) is 3.19. The summed E-state index contributed by atoms with van der Waals surface area (Å²) >= 11 is 6.47. The number of nitrogens with zero attached hydrogens (tertiary/aromatic N) is 3. The SMILES string of the molecule is COc1cc(F)cc([C@@H](CCO)[Si]NC(=O)[C@@H](C)N2Cc3ccc(-c4nc(NC5CCOCC5)ncc4Cl)cc3C2=O)c1. The molecule has 1 aromatic heterocycles. The van der Waals surface area contributed by atoms with Crippen LogP contribution in [0.25, 0.3) is 11.3 Å². The highest BCUT2D eigenvalue weighted by Gasteiger charge is 2.34. The number of rotatable bonds is 11. The molecule has 1 saturated heterocycles. The number of hydrogen-bond donors (Lipinski definition) is 3. The molecule has 3 N–H and O–H groups in total. The molecular weight excluding hydrogens is 593 g/mol. The third-order valence-corrected chi connectivity index (χ3v) is 9.32. The molecule has 2 aliphatic heterocycles. The van der Waals surface area contributed by atoms with E-state index in [0.717, 1.165) is 18.4 Å². The first kappa shape index (κ1) is 30.9. The van der Waals surface area contributed by atoms with E-state index in [0.29, 0.717) is 58.7 Å². The van der Waals surface area contributed by atoms with E-state index in [1.807, 2.05) is 12.1 Å². The minimum atomic E-state index is -0.759. The van der Waals surface area contributed by atoms with Crippen LogP contribution in [-0.2, 0) is 16.1 Å². The normalized spacial score (nSPS) is 16.5. The molecule has 0 aliphatic carbocycles. The van der Waals surface area contributed by atoms with Crippen molar-refractivity contribution in [3.05, 3.63) is 70.1 Å². The molecule has 3 aromatic rings. The Morgan fingerprint density at radius 1 is 1.28 bits per heavy atom. The first-order valence-electron chi connectivity index (χ1n) is 14.1. The first-order chi connectivity index (χ1) is 20.8. The second-order valence-corrected chi connectivity index (χ2v) is 12.2. The highest BCUT2D eigenvalue weighted by Crippen LogP contribution is 2.32. The lowest BCUT2D eigenvalue weighted by molar-refractivity contribution is -0.123. The zero-order chi connectivity index (χ0) is 30.5. The number of aliphatic hydroxyl groups is 1. The lowest BCUT2D eigenvalue weighted by Crippen LogP contribution is -2.47. The number of aliphatic hydroxyl groups excluding tert-OH is 1. The van der Waals surface area contributed by atoms with E-state index in [1.54, 1.807) is 25.3 Å². The fourth-order valence-corrected chi connectivity index (χ4v) is 6.54. The molecule has 0 unspecified atom stereocenters. The number of benzene rings is 2. The van der Waals surface area contributed by atoms with Gasteiger partial charge in [0.15, 0.2) is 9.68 Å². The molecule has 3 heterocycles. The van der Waals surface area contributed by atoms with E-state index >= 15 is 0 Å². The van der Waals surface area contributed by atoms with Gasteiger partial charge in [-0.1, -0.05) is 23.7 Å². The Hall–Kier alpha value is -3.58. The quantitative estimate of drug-likeness (QED) is 0.275. The minimum Gasteiger partial charge on any atom is -0.497 e. The third-order valence-electron chi connectivity index (χ3n) is 7.68. The van der Waals surface area contributed by atoms with Gasteiger partial charge in [-0.3, -0.25) is 9.59 Å². The number of ether oxygens (including phenoxy) is 2. The molecule has 0 saturated carbocycles. The summed E-state index contributed by atoms with van der Waals surface area (Å²) in [4.78, 5) is 40.0. The third kappa shape index (κ3) is 7.15. The maximum absolute atomic E-state index is 14.1. The maximum atomic E-state index is 14.1. The fourth-order valence-electron chi connectivity index (χ4n) is 5.21. The van der Waals surface area contributed by atoms with E-state index in [4.69, 9.17) is 21.1 Å². The van der Waals surface area contributed by atoms with Crippen LogP contribution in [0, 0.1) is 5.82 Å². The largest absolute Gasteiger partial charge is 0.497 e. The Kier molecular flexibility index (Phi) is 9.91. The highest BCUT2D eigenvalue weighted by molar-refractivity contribution is 6.39. The van der Waals surface area contributed by atoms with Gasteiger partial charge in [-0.15, -0.1) is 0 Å². The summed E-state index contributed by atoms with van der Waals surface area (Å²) in [5.41, 5.74) is 2.76. The molecule has 0 bridgehead atoms. The molecule has 226 valence electrons. The highest BCUT2D eigenvalue weighted by atomic mass is 35.5. The summed E-state index contributed by atoms with van der Waals surface area (Å²) in [5, 5.41) is 13.3. The summed E-state index contributed by atoms with van der Waals surface area (Å²) in [7, 11) is 1.31. The predicted octanol–water partition coefficient (Wildman–Crippen LogP) is 3.74. The molecule has 2 aromatic carbocycles. The number of nitrogens with one attached hydrogen (secondary N) is 2. The van der Waals surface area contributed by atoms with Gasteiger partial charge in [-0.2, -0.15) is 0 Å². The summed E-state index contributed by atoms with van der Waals surface area (Å²) in [6, 6.07) is 9.26. The van der Waals surface area contributed by atoms with Gasteiger partial charge in [-0.25, -0.2) is 14.4 Å². The topological polar surface area (TPSA) is 126 Å². The van der Waals surface area contributed by atoms with Crippen molar-refractivity contribution in [1.29, 1.82) is 0 Å². The van der Waals surface area contributed by atoms with Gasteiger partial charge in [0.2, 0.25) is 11.9 Å². The lowest BCUT2D eigenvalue weighted by atomic mass is 10.0. The molecular formula is C30H33ClFN5O5Si. The van der Waals surface area contributed by atoms with Gasteiger partial charge in [0.25, 0.3) is 5.91 Å². The van der Waals surface area contributed by atoms with Crippen LogP contribution in [0.5, 0.6) is 5.75 Å². The average molecular weight is 626 g/mol. The van der Waals surface area contributed by atoms with E-state index < -0.39 is 11.9 Å². The Morgan fingerprint density at radius 2 is 2.07 bits per heavy atom. The molecule has 2 amide bonds. The molecule has 2 atom stereocenters. The molecule has 2 aliphatic rings. The van der Waals surface area contributed by atoms with Gasteiger partial charge in [0.05, 0.1) is 24.0 Å². The molecule has 43 heavy (non-hydrogen) atoms. The predicted molar refractivity (Wildman–Crippen MR) is 161 cm³/mol. The van der Waals surface area contributed by atoms with E-state index in [9.17, 15) is 19.1 Å². The number of amides is 2. The molecule has 1 fully saturated rings. The first-order valence-corrected chi connectivity index (χ1v) is 15.5. The van der Waals surface area contributed by atoms with E-state index in [1.165, 1.54) is 24.1 Å². The van der Waals surface area contributed by atoms with Gasteiger partial charge in [0, 0.05) is 49.6 Å². The Bertz CT molecular complexity index is 1490. The van der Waals surface area contributed by atoms with Crippen molar-refractivity contribution in [1.82, 2.24) is 19.9 Å². The van der Waals surface area contributed by atoms with Crippen molar-refractivity contribution in [3.63, 3.8) is 0 Å². The molecule has 13 heteroatoms. The zero-order valence-corrected chi connectivity index (χ0v) is 25.7. The van der Waals surface area contributed by atoms with Crippen LogP contribution in [0.2, 0.25) is 5.02 Å². The van der Waals surface area contributed by atoms with Gasteiger partial charge < -0.3 is 29.8 Å². The smallest absolute Gasteiger partial charge is 0.255 e. The van der Waals surface area contributed by atoms with Crippen molar-refractivity contribution in [2.45, 2.75) is 50.4 Å². The fraction of sp³-hybridized carbons (Fsp3) is 0.400. The van der Waals surface area contributed by atoms with Crippen LogP contribution >= 0.6 is 11.6 Å². The van der Waals surface area contributed by atoms with Crippen LogP contribution in [0.3, 0.4) is 0 Å². The lowest BCUT2D eigenvalue weighted by Gasteiger charge is -2.24. The number of aromatic nitrogens is 2. The van der Waals surface area contributed by atoms with E-state index in [-0.39, 0.29) is 46.2 Å². The Balaban J connectivity index is 1.26. The Morgan fingerprint density at radius 3 is 2.81 bits per heavy atom. The molecule has 0 spiro atoms. The number of carbonyl (C=O) groups is 2. The summed E-state index contributed by atoms with van der Waals surface area (Å²) in [5.74, 6) is -0.250. The van der Waals surface area contributed by atoms with Crippen molar-refractivity contribution in [2.75, 3.05) is 32.2 Å². The number of anilines is 1.